The number of hydrogen-bond acceptors (Lipinski definition) is 4. The number of rotatable bonds is 5. The number of H-pyrrole nitrogens is 1. The fourth-order valence-corrected chi connectivity index (χ4v) is 1.65. The predicted octanol–water partition coefficient (Wildman–Crippen LogP) is 2.40. The third kappa shape index (κ3) is 5.05. The van der Waals surface area contributed by atoms with E-state index < -0.39 is 11.9 Å². The molecule has 0 aliphatic heterocycles. The molecule has 6 heteroatoms. The summed E-state index contributed by atoms with van der Waals surface area (Å²) in [4.78, 5) is 23.0. The van der Waals surface area contributed by atoms with E-state index in [1.165, 1.54) is 0 Å². The molecule has 0 bridgehead atoms. The molecule has 6 nitrogen and oxygen atoms in total. The van der Waals surface area contributed by atoms with Gasteiger partial charge < -0.3 is 10.1 Å². The van der Waals surface area contributed by atoms with Crippen molar-refractivity contribution < 1.29 is 14.3 Å². The number of amides is 1. The number of carbonyl (C=O) groups is 2. The molecule has 1 heterocycles. The van der Waals surface area contributed by atoms with E-state index in [0.717, 1.165) is 5.56 Å². The van der Waals surface area contributed by atoms with E-state index in [1.54, 1.807) is 13.0 Å². The van der Waals surface area contributed by atoms with Crippen molar-refractivity contribution in [1.29, 1.82) is 0 Å². The van der Waals surface area contributed by atoms with Crippen molar-refractivity contribution in [3.05, 3.63) is 42.1 Å². The second-order valence-electron chi connectivity index (χ2n) is 4.02. The Bertz CT molecular complexity index is 594. The van der Waals surface area contributed by atoms with Crippen molar-refractivity contribution >= 4 is 11.9 Å². The van der Waals surface area contributed by atoms with E-state index in [1.807, 2.05) is 44.2 Å². The van der Waals surface area contributed by atoms with Gasteiger partial charge in [-0.15, -0.1) is 0 Å². The summed E-state index contributed by atoms with van der Waals surface area (Å²) in [6.07, 6.45) is 0. The molecule has 0 saturated carbocycles. The van der Waals surface area contributed by atoms with Crippen molar-refractivity contribution in [2.75, 3.05) is 13.2 Å². The van der Waals surface area contributed by atoms with Gasteiger partial charge in [-0.05, 0) is 13.0 Å². The summed E-state index contributed by atoms with van der Waals surface area (Å²) in [7, 11) is 0. The summed E-state index contributed by atoms with van der Waals surface area (Å²) in [5.74, 6) is -0.864. The van der Waals surface area contributed by atoms with Crippen LogP contribution in [0.5, 0.6) is 0 Å². The third-order valence-corrected chi connectivity index (χ3v) is 2.59. The Kier molecular flexibility index (Phi) is 7.39. The average molecular weight is 303 g/mol. The molecule has 0 fully saturated rings. The monoisotopic (exact) mass is 303 g/mol. The molecule has 1 amide bonds. The highest BCUT2D eigenvalue weighted by atomic mass is 16.5. The number of carbonyl (C=O) groups excluding carboxylic acids is 2. The maximum absolute atomic E-state index is 11.8. The first-order valence-electron chi connectivity index (χ1n) is 7.25. The van der Waals surface area contributed by atoms with E-state index in [0.29, 0.717) is 11.4 Å². The smallest absolute Gasteiger partial charge is 0.325 e. The summed E-state index contributed by atoms with van der Waals surface area (Å²) in [6.45, 7) is 5.84. The molecule has 2 rings (SSSR count). The minimum absolute atomic E-state index is 0.160. The van der Waals surface area contributed by atoms with Gasteiger partial charge in [-0.2, -0.15) is 5.10 Å². The van der Waals surface area contributed by atoms with Crippen LogP contribution in [0.1, 0.15) is 31.3 Å². The van der Waals surface area contributed by atoms with Gasteiger partial charge in [0.25, 0.3) is 5.91 Å². The topological polar surface area (TPSA) is 84.1 Å². The first kappa shape index (κ1) is 17.4. The quantitative estimate of drug-likeness (QED) is 0.831. The molecule has 0 aliphatic rings. The molecule has 0 spiro atoms. The molecule has 22 heavy (non-hydrogen) atoms. The number of ether oxygens (including phenoxy) is 1. The Hall–Kier alpha value is -2.63. The number of nitrogens with one attached hydrogen (secondary N) is 2. The van der Waals surface area contributed by atoms with Crippen LogP contribution in [0.3, 0.4) is 0 Å². The Labute approximate surface area is 129 Å². The van der Waals surface area contributed by atoms with Crippen LogP contribution in [0.15, 0.2) is 36.4 Å². The number of nitrogens with zero attached hydrogens (tertiary/aromatic N) is 1. The third-order valence-electron chi connectivity index (χ3n) is 2.59. The maximum atomic E-state index is 11.8. The Morgan fingerprint density at radius 3 is 2.55 bits per heavy atom. The first-order valence-corrected chi connectivity index (χ1v) is 7.25. The van der Waals surface area contributed by atoms with Gasteiger partial charge in [-0.1, -0.05) is 44.2 Å². The SMILES string of the molecule is CC.CCOC(=O)CNC(=O)c1cc(-c2ccccc2)n[nH]1. The predicted molar refractivity (Wildman–Crippen MR) is 84.3 cm³/mol. The van der Waals surface area contributed by atoms with Gasteiger partial charge in [0.1, 0.15) is 12.2 Å². The lowest BCUT2D eigenvalue weighted by molar-refractivity contribution is -0.141. The van der Waals surface area contributed by atoms with E-state index in [-0.39, 0.29) is 13.2 Å². The lowest BCUT2D eigenvalue weighted by atomic mass is 10.1. The second-order valence-corrected chi connectivity index (χ2v) is 4.02. The largest absolute Gasteiger partial charge is 0.465 e. The molecule has 118 valence electrons. The van der Waals surface area contributed by atoms with Crippen LogP contribution in [0.4, 0.5) is 0 Å². The van der Waals surface area contributed by atoms with E-state index >= 15 is 0 Å². The van der Waals surface area contributed by atoms with Gasteiger partial charge in [0.05, 0.1) is 12.3 Å². The van der Waals surface area contributed by atoms with Crippen molar-refractivity contribution in [2.24, 2.45) is 0 Å². The summed E-state index contributed by atoms with van der Waals surface area (Å²) < 4.78 is 4.72. The average Bonchev–Trinajstić information content (AvgIpc) is 3.06. The van der Waals surface area contributed by atoms with Crippen molar-refractivity contribution in [1.82, 2.24) is 15.5 Å². The number of esters is 1. The van der Waals surface area contributed by atoms with Crippen LogP contribution >= 0.6 is 0 Å². The van der Waals surface area contributed by atoms with E-state index in [9.17, 15) is 9.59 Å². The Morgan fingerprint density at radius 2 is 1.91 bits per heavy atom. The van der Waals surface area contributed by atoms with Crippen LogP contribution in [-0.2, 0) is 9.53 Å². The zero-order chi connectivity index (χ0) is 16.4. The summed E-state index contributed by atoms with van der Waals surface area (Å²) in [5, 5.41) is 9.18. The van der Waals surface area contributed by atoms with Crippen LogP contribution in [0.2, 0.25) is 0 Å². The molecule has 0 atom stereocenters. The molecule has 2 aromatic rings. The highest BCUT2D eigenvalue weighted by Gasteiger charge is 2.12. The number of benzene rings is 1. The number of aromatic nitrogens is 2. The molecular weight excluding hydrogens is 282 g/mol. The molecule has 0 saturated heterocycles. The van der Waals surface area contributed by atoms with Crippen LogP contribution in [0.25, 0.3) is 11.3 Å². The Morgan fingerprint density at radius 1 is 1.23 bits per heavy atom. The highest BCUT2D eigenvalue weighted by molar-refractivity contribution is 5.95. The molecule has 0 radical (unpaired) electrons. The van der Waals surface area contributed by atoms with Crippen molar-refractivity contribution in [3.8, 4) is 11.3 Å². The van der Waals surface area contributed by atoms with Crippen LogP contribution in [-0.4, -0.2) is 35.2 Å². The Balaban J connectivity index is 0.00000116. The van der Waals surface area contributed by atoms with Gasteiger partial charge >= 0.3 is 5.97 Å². The standard InChI is InChI=1S/C14H15N3O3.C2H6/c1-2-20-13(18)9-15-14(19)12-8-11(16-17-12)10-6-4-3-5-7-10;1-2/h3-8H,2,9H2,1H3,(H,15,19)(H,16,17);1-2H3. The number of hydrogen-bond donors (Lipinski definition) is 2. The fraction of sp³-hybridized carbons (Fsp3) is 0.312. The molecule has 0 unspecified atom stereocenters. The molecular formula is C16H21N3O3. The zero-order valence-corrected chi connectivity index (χ0v) is 13.1. The molecule has 2 N–H and O–H groups in total. The van der Waals surface area contributed by atoms with E-state index in [4.69, 9.17) is 4.74 Å². The van der Waals surface area contributed by atoms with Gasteiger partial charge in [0, 0.05) is 5.56 Å². The molecule has 0 aliphatic carbocycles. The second kappa shape index (κ2) is 9.33. The van der Waals surface area contributed by atoms with Crippen molar-refractivity contribution in [3.63, 3.8) is 0 Å². The van der Waals surface area contributed by atoms with E-state index in [2.05, 4.69) is 15.5 Å². The summed E-state index contributed by atoms with van der Waals surface area (Å²) >= 11 is 0. The highest BCUT2D eigenvalue weighted by Crippen LogP contribution is 2.16. The first-order chi connectivity index (χ1) is 10.7. The fourth-order valence-electron chi connectivity index (χ4n) is 1.65. The van der Waals surface area contributed by atoms with Crippen LogP contribution in [0, 0.1) is 0 Å². The summed E-state index contributed by atoms with van der Waals surface area (Å²) in [5.41, 5.74) is 1.88. The van der Waals surface area contributed by atoms with Crippen molar-refractivity contribution in [2.45, 2.75) is 20.8 Å². The summed E-state index contributed by atoms with van der Waals surface area (Å²) in [6, 6.07) is 11.1. The van der Waals surface area contributed by atoms with Gasteiger partial charge in [-0.3, -0.25) is 14.7 Å². The van der Waals surface area contributed by atoms with Gasteiger partial charge in [-0.25, -0.2) is 0 Å². The normalized spacial score (nSPS) is 9.41. The minimum atomic E-state index is -0.469. The minimum Gasteiger partial charge on any atom is -0.465 e. The van der Waals surface area contributed by atoms with Gasteiger partial charge in [0.15, 0.2) is 0 Å². The lowest BCUT2D eigenvalue weighted by Crippen LogP contribution is -2.30. The maximum Gasteiger partial charge on any atom is 0.325 e. The number of aromatic amines is 1. The lowest BCUT2D eigenvalue weighted by Gasteiger charge is -2.02. The van der Waals surface area contributed by atoms with Crippen LogP contribution < -0.4 is 5.32 Å². The zero-order valence-electron chi connectivity index (χ0n) is 13.1. The van der Waals surface area contributed by atoms with Gasteiger partial charge in [0.2, 0.25) is 0 Å². The molecule has 1 aromatic carbocycles. The molecule has 1 aromatic heterocycles.